The van der Waals surface area contributed by atoms with Crippen molar-refractivity contribution in [3.63, 3.8) is 0 Å². The van der Waals surface area contributed by atoms with E-state index in [1.807, 2.05) is 0 Å². The molecule has 0 spiro atoms. The Balaban J connectivity index is 1.72. The Morgan fingerprint density at radius 2 is 1.86 bits per heavy atom. The molecule has 1 aromatic carbocycles. The fourth-order valence-corrected chi connectivity index (χ4v) is 3.34. The minimum atomic E-state index is -0.702. The van der Waals surface area contributed by atoms with Gasteiger partial charge in [-0.3, -0.25) is 19.8 Å². The molecule has 2 fully saturated rings. The number of rotatable bonds is 6. The highest BCUT2D eigenvalue weighted by Gasteiger charge is 2.40. The van der Waals surface area contributed by atoms with Crippen LogP contribution in [0.25, 0.3) is 6.08 Å². The molecule has 0 bridgehead atoms. The molecule has 8 nitrogen and oxygen atoms in total. The van der Waals surface area contributed by atoms with Crippen LogP contribution in [0.15, 0.2) is 29.8 Å². The number of imide groups is 2. The van der Waals surface area contributed by atoms with Gasteiger partial charge in [0.05, 0.1) is 6.61 Å². The fraction of sp³-hybridized carbons (Fsp3) is 0.400. The van der Waals surface area contributed by atoms with Gasteiger partial charge in [0, 0.05) is 6.04 Å². The molecular weight excluding hydrogens is 364 g/mol. The molecule has 1 heterocycles. The zero-order valence-corrected chi connectivity index (χ0v) is 15.6. The third-order valence-corrected chi connectivity index (χ3v) is 4.68. The molecule has 28 heavy (non-hydrogen) atoms. The third kappa shape index (κ3) is 4.39. The normalized spacial score (nSPS) is 19.1. The van der Waals surface area contributed by atoms with Gasteiger partial charge in [0.25, 0.3) is 11.8 Å². The van der Waals surface area contributed by atoms with Gasteiger partial charge in [-0.1, -0.05) is 25.0 Å². The van der Waals surface area contributed by atoms with Gasteiger partial charge in [0.2, 0.25) is 0 Å². The maximum absolute atomic E-state index is 12.7. The molecule has 1 saturated carbocycles. The standard InChI is InChI=1S/C20H22N2O6/c1-2-27-17(23)12-28-15-9-7-13(8-10-15)11-16-18(24)21-20(26)22(19(16)25)14-5-3-4-6-14/h7-11,14H,2-6,12H2,1H3,(H,21,24,26)/b16-11-. The summed E-state index contributed by atoms with van der Waals surface area (Å²) >= 11 is 0. The van der Waals surface area contributed by atoms with Crippen molar-refractivity contribution in [2.24, 2.45) is 0 Å². The van der Waals surface area contributed by atoms with Gasteiger partial charge in [0.1, 0.15) is 11.3 Å². The number of nitrogens with one attached hydrogen (secondary N) is 1. The van der Waals surface area contributed by atoms with E-state index in [1.54, 1.807) is 31.2 Å². The van der Waals surface area contributed by atoms with Crippen molar-refractivity contribution in [2.75, 3.05) is 13.2 Å². The zero-order chi connectivity index (χ0) is 20.1. The van der Waals surface area contributed by atoms with E-state index in [-0.39, 0.29) is 24.8 Å². The van der Waals surface area contributed by atoms with E-state index in [0.717, 1.165) is 30.6 Å². The molecule has 1 N–H and O–H groups in total. The number of urea groups is 1. The first kappa shape index (κ1) is 19.6. The predicted octanol–water partition coefficient (Wildman–Crippen LogP) is 2.03. The molecule has 2 aliphatic rings. The van der Waals surface area contributed by atoms with Crippen molar-refractivity contribution < 1.29 is 28.7 Å². The lowest BCUT2D eigenvalue weighted by atomic mass is 10.1. The number of barbiturate groups is 1. The highest BCUT2D eigenvalue weighted by molar-refractivity contribution is 6.31. The molecule has 0 aromatic heterocycles. The van der Waals surface area contributed by atoms with Crippen LogP contribution in [0.3, 0.4) is 0 Å². The molecule has 1 saturated heterocycles. The average molecular weight is 386 g/mol. The van der Waals surface area contributed by atoms with Crippen LogP contribution in [0.1, 0.15) is 38.2 Å². The van der Waals surface area contributed by atoms with Gasteiger partial charge in [-0.25, -0.2) is 9.59 Å². The average Bonchev–Trinajstić information content (AvgIpc) is 3.19. The first-order valence-electron chi connectivity index (χ1n) is 9.28. The van der Waals surface area contributed by atoms with Gasteiger partial charge in [-0.2, -0.15) is 0 Å². The topological polar surface area (TPSA) is 102 Å². The first-order valence-corrected chi connectivity index (χ1v) is 9.28. The van der Waals surface area contributed by atoms with Crippen molar-refractivity contribution in [3.8, 4) is 5.75 Å². The van der Waals surface area contributed by atoms with Crippen LogP contribution in [0, 0.1) is 0 Å². The Bertz CT molecular complexity index is 808. The molecule has 0 unspecified atom stereocenters. The van der Waals surface area contributed by atoms with Crippen molar-refractivity contribution in [2.45, 2.75) is 38.6 Å². The van der Waals surface area contributed by atoms with E-state index >= 15 is 0 Å². The summed E-state index contributed by atoms with van der Waals surface area (Å²) in [6.45, 7) is 1.79. The Labute approximate surface area is 162 Å². The highest BCUT2D eigenvalue weighted by Crippen LogP contribution is 2.27. The van der Waals surface area contributed by atoms with Crippen LogP contribution in [0.4, 0.5) is 4.79 Å². The van der Waals surface area contributed by atoms with Gasteiger partial charge in [0.15, 0.2) is 6.61 Å². The van der Waals surface area contributed by atoms with E-state index in [1.165, 1.54) is 6.08 Å². The molecule has 8 heteroatoms. The number of amides is 4. The molecule has 148 valence electrons. The smallest absolute Gasteiger partial charge is 0.344 e. The largest absolute Gasteiger partial charge is 0.482 e. The second-order valence-electron chi connectivity index (χ2n) is 6.59. The second kappa shape index (κ2) is 8.69. The maximum atomic E-state index is 12.7. The summed E-state index contributed by atoms with van der Waals surface area (Å²) < 4.78 is 10.1. The van der Waals surface area contributed by atoms with E-state index in [2.05, 4.69) is 5.32 Å². The van der Waals surface area contributed by atoms with Gasteiger partial charge in [-0.15, -0.1) is 0 Å². The summed E-state index contributed by atoms with van der Waals surface area (Å²) in [5.74, 6) is -1.28. The Kier molecular flexibility index (Phi) is 6.08. The number of hydrogen-bond acceptors (Lipinski definition) is 6. The number of nitrogens with zero attached hydrogens (tertiary/aromatic N) is 1. The lowest BCUT2D eigenvalue weighted by molar-refractivity contribution is -0.145. The summed E-state index contributed by atoms with van der Waals surface area (Å²) in [4.78, 5) is 49.5. The lowest BCUT2D eigenvalue weighted by Crippen LogP contribution is -2.57. The summed E-state index contributed by atoms with van der Waals surface area (Å²) in [5.41, 5.74) is 0.523. The van der Waals surface area contributed by atoms with Crippen LogP contribution in [0.2, 0.25) is 0 Å². The SMILES string of the molecule is CCOC(=O)COc1ccc(/C=C2/C(=O)NC(=O)N(C3CCCC3)C2=O)cc1. The Hall–Kier alpha value is -3.16. The molecule has 4 amide bonds. The van der Waals surface area contributed by atoms with E-state index in [0.29, 0.717) is 11.3 Å². The van der Waals surface area contributed by atoms with E-state index in [4.69, 9.17) is 9.47 Å². The van der Waals surface area contributed by atoms with Crippen molar-refractivity contribution >= 4 is 29.9 Å². The number of carbonyl (C=O) groups excluding carboxylic acids is 4. The second-order valence-corrected chi connectivity index (χ2v) is 6.59. The minimum Gasteiger partial charge on any atom is -0.482 e. The van der Waals surface area contributed by atoms with Crippen LogP contribution in [-0.2, 0) is 19.1 Å². The molecule has 0 atom stereocenters. The number of ether oxygens (including phenoxy) is 2. The Morgan fingerprint density at radius 1 is 1.18 bits per heavy atom. The summed E-state index contributed by atoms with van der Waals surface area (Å²) in [5, 5.41) is 2.25. The lowest BCUT2D eigenvalue weighted by Gasteiger charge is -2.31. The molecule has 1 aromatic rings. The van der Waals surface area contributed by atoms with Gasteiger partial charge in [-0.05, 0) is 43.5 Å². The first-order chi connectivity index (χ1) is 13.5. The highest BCUT2D eigenvalue weighted by atomic mass is 16.6. The van der Waals surface area contributed by atoms with Crippen molar-refractivity contribution in [3.05, 3.63) is 35.4 Å². The van der Waals surface area contributed by atoms with Crippen LogP contribution < -0.4 is 10.1 Å². The molecule has 0 radical (unpaired) electrons. The third-order valence-electron chi connectivity index (χ3n) is 4.68. The van der Waals surface area contributed by atoms with Crippen LogP contribution in [-0.4, -0.2) is 48.0 Å². The zero-order valence-electron chi connectivity index (χ0n) is 15.6. The molecule has 1 aliphatic carbocycles. The molecule has 3 rings (SSSR count). The number of esters is 1. The van der Waals surface area contributed by atoms with Crippen molar-refractivity contribution in [1.29, 1.82) is 0 Å². The van der Waals surface area contributed by atoms with E-state index < -0.39 is 23.8 Å². The predicted molar refractivity (Wildman–Crippen MR) is 99.2 cm³/mol. The minimum absolute atomic E-state index is 0.0771. The summed E-state index contributed by atoms with van der Waals surface area (Å²) in [6, 6.07) is 5.74. The molecular formula is C20H22N2O6. The number of hydrogen-bond donors (Lipinski definition) is 1. The van der Waals surface area contributed by atoms with E-state index in [9.17, 15) is 19.2 Å². The van der Waals surface area contributed by atoms with Crippen LogP contribution >= 0.6 is 0 Å². The number of benzene rings is 1. The molecule has 1 aliphatic heterocycles. The summed E-state index contributed by atoms with van der Waals surface area (Å²) in [6.07, 6.45) is 4.88. The van der Waals surface area contributed by atoms with Gasteiger partial charge < -0.3 is 9.47 Å². The maximum Gasteiger partial charge on any atom is 0.344 e. The quantitative estimate of drug-likeness (QED) is 0.456. The van der Waals surface area contributed by atoms with Crippen molar-refractivity contribution in [1.82, 2.24) is 10.2 Å². The Morgan fingerprint density at radius 3 is 2.50 bits per heavy atom. The fourth-order valence-electron chi connectivity index (χ4n) is 3.34. The monoisotopic (exact) mass is 386 g/mol. The number of carbonyl (C=O) groups is 4. The van der Waals surface area contributed by atoms with Gasteiger partial charge >= 0.3 is 12.0 Å². The summed E-state index contributed by atoms with van der Waals surface area (Å²) in [7, 11) is 0. The van der Waals surface area contributed by atoms with Crippen LogP contribution in [0.5, 0.6) is 5.75 Å².